The Morgan fingerprint density at radius 1 is 1.36 bits per heavy atom. The van der Waals surface area contributed by atoms with Gasteiger partial charge in [-0.25, -0.2) is 0 Å². The first-order valence-corrected chi connectivity index (χ1v) is 8.59. The molecule has 0 saturated carbocycles. The lowest BCUT2D eigenvalue weighted by molar-refractivity contribution is -0.0848. The minimum atomic E-state index is -0.0341. The Hall–Kier alpha value is -0.940. The Bertz CT molecular complexity index is 457. The molecule has 0 spiro atoms. The van der Waals surface area contributed by atoms with Gasteiger partial charge in [-0.3, -0.25) is 4.90 Å². The molecule has 2 rings (SSSR count). The van der Waals surface area contributed by atoms with E-state index in [1.165, 1.54) is 0 Å². The normalized spacial score (nSPS) is 21.7. The third-order valence-corrected chi connectivity index (χ3v) is 4.39. The summed E-state index contributed by atoms with van der Waals surface area (Å²) in [6.45, 7) is 13.5. The first-order valence-electron chi connectivity index (χ1n) is 8.59. The van der Waals surface area contributed by atoms with Crippen LogP contribution in [0.25, 0.3) is 0 Å². The molecule has 1 aromatic heterocycles. The Labute approximate surface area is 134 Å². The monoisotopic (exact) mass is 309 g/mol. The topological polar surface area (TPSA) is 51.4 Å². The van der Waals surface area contributed by atoms with Crippen LogP contribution in [0.15, 0.2) is 4.52 Å². The lowest BCUT2D eigenvalue weighted by Gasteiger charge is -2.40. The Balaban J connectivity index is 1.92. The molecule has 1 atom stereocenters. The van der Waals surface area contributed by atoms with Gasteiger partial charge >= 0.3 is 0 Å². The van der Waals surface area contributed by atoms with Crippen LogP contribution < -0.4 is 0 Å². The summed E-state index contributed by atoms with van der Waals surface area (Å²) in [5.41, 5.74) is -0.0341. The highest BCUT2D eigenvalue weighted by Gasteiger charge is 2.32. The first kappa shape index (κ1) is 17.4. The molecule has 5 nitrogen and oxygen atoms in total. The standard InChI is InChI=1S/C17H31N3O2/c1-6-20(14-9-10-21-17(4,5)11-14)12-16-18-15(19-22-16)8-7-13(2)3/h13-14H,6-12H2,1-5H3. The van der Waals surface area contributed by atoms with Crippen LogP contribution in [-0.2, 0) is 17.7 Å². The van der Waals surface area contributed by atoms with Gasteiger partial charge in [0.25, 0.3) is 0 Å². The van der Waals surface area contributed by atoms with Crippen molar-refractivity contribution in [3.05, 3.63) is 11.7 Å². The second-order valence-corrected chi connectivity index (χ2v) is 7.35. The van der Waals surface area contributed by atoms with Crippen molar-refractivity contribution in [2.24, 2.45) is 5.92 Å². The van der Waals surface area contributed by atoms with E-state index in [0.717, 1.165) is 57.1 Å². The molecule has 0 bridgehead atoms. The van der Waals surface area contributed by atoms with Gasteiger partial charge in [-0.05, 0) is 45.6 Å². The maximum atomic E-state index is 5.82. The van der Waals surface area contributed by atoms with Crippen molar-refractivity contribution in [3.8, 4) is 0 Å². The third-order valence-electron chi connectivity index (χ3n) is 4.39. The lowest BCUT2D eigenvalue weighted by Crippen LogP contribution is -2.45. The molecule has 22 heavy (non-hydrogen) atoms. The summed E-state index contributed by atoms with van der Waals surface area (Å²) in [6, 6.07) is 0.528. The summed E-state index contributed by atoms with van der Waals surface area (Å²) in [5, 5.41) is 4.11. The molecule has 0 N–H and O–H groups in total. The van der Waals surface area contributed by atoms with Gasteiger partial charge in [0.2, 0.25) is 5.89 Å². The zero-order chi connectivity index (χ0) is 16.2. The molecule has 2 heterocycles. The van der Waals surface area contributed by atoms with Gasteiger partial charge in [-0.15, -0.1) is 0 Å². The molecule has 1 aromatic rings. The Morgan fingerprint density at radius 3 is 2.77 bits per heavy atom. The highest BCUT2D eigenvalue weighted by atomic mass is 16.5. The predicted octanol–water partition coefficient (Wildman–Crippen LogP) is 3.44. The smallest absolute Gasteiger partial charge is 0.240 e. The summed E-state index contributed by atoms with van der Waals surface area (Å²) in [5.74, 6) is 2.25. The summed E-state index contributed by atoms with van der Waals surface area (Å²) in [6.07, 6.45) is 4.13. The SMILES string of the molecule is CCN(Cc1nc(CCC(C)C)no1)C1CCOC(C)(C)C1. The van der Waals surface area contributed by atoms with Crippen molar-refractivity contribution < 1.29 is 9.26 Å². The zero-order valence-electron chi connectivity index (χ0n) is 14.8. The molecule has 0 radical (unpaired) electrons. The highest BCUT2D eigenvalue weighted by molar-refractivity contribution is 4.90. The van der Waals surface area contributed by atoms with Gasteiger partial charge in [-0.2, -0.15) is 4.98 Å². The van der Waals surface area contributed by atoms with E-state index >= 15 is 0 Å². The molecule has 1 fully saturated rings. The van der Waals surface area contributed by atoms with E-state index in [4.69, 9.17) is 9.26 Å². The third kappa shape index (κ3) is 5.06. The lowest BCUT2D eigenvalue weighted by atomic mass is 9.93. The average Bonchev–Trinajstić information content (AvgIpc) is 2.89. The number of aryl methyl sites for hydroxylation is 1. The van der Waals surface area contributed by atoms with Gasteiger partial charge in [0.15, 0.2) is 5.82 Å². The van der Waals surface area contributed by atoms with E-state index in [1.54, 1.807) is 0 Å². The van der Waals surface area contributed by atoms with E-state index in [0.29, 0.717) is 12.0 Å². The highest BCUT2D eigenvalue weighted by Crippen LogP contribution is 2.28. The molecule has 0 aliphatic carbocycles. The van der Waals surface area contributed by atoms with Crippen LogP contribution in [0.4, 0.5) is 0 Å². The summed E-state index contributed by atoms with van der Waals surface area (Å²) < 4.78 is 11.3. The van der Waals surface area contributed by atoms with Gasteiger partial charge < -0.3 is 9.26 Å². The quantitative estimate of drug-likeness (QED) is 0.772. The van der Waals surface area contributed by atoms with Gasteiger partial charge in [0.05, 0.1) is 12.1 Å². The maximum absolute atomic E-state index is 5.82. The fourth-order valence-electron chi connectivity index (χ4n) is 3.06. The molecule has 0 amide bonds. The van der Waals surface area contributed by atoms with Crippen molar-refractivity contribution >= 4 is 0 Å². The van der Waals surface area contributed by atoms with Crippen LogP contribution in [-0.4, -0.2) is 39.8 Å². The predicted molar refractivity (Wildman–Crippen MR) is 86.6 cm³/mol. The number of hydrogen-bond donors (Lipinski definition) is 0. The number of aromatic nitrogens is 2. The molecule has 126 valence electrons. The second kappa shape index (κ2) is 7.55. The van der Waals surface area contributed by atoms with Crippen LogP contribution >= 0.6 is 0 Å². The number of hydrogen-bond acceptors (Lipinski definition) is 5. The van der Waals surface area contributed by atoms with E-state index in [-0.39, 0.29) is 5.60 Å². The number of rotatable bonds is 7. The van der Waals surface area contributed by atoms with Crippen LogP contribution in [0.1, 0.15) is 65.6 Å². The van der Waals surface area contributed by atoms with E-state index in [2.05, 4.69) is 49.7 Å². The van der Waals surface area contributed by atoms with Gasteiger partial charge in [0.1, 0.15) is 0 Å². The molecule has 0 aromatic carbocycles. The van der Waals surface area contributed by atoms with Crippen molar-refractivity contribution in [1.29, 1.82) is 0 Å². The molecule has 1 saturated heterocycles. The maximum Gasteiger partial charge on any atom is 0.240 e. The largest absolute Gasteiger partial charge is 0.375 e. The zero-order valence-corrected chi connectivity index (χ0v) is 14.8. The van der Waals surface area contributed by atoms with Gasteiger partial charge in [0, 0.05) is 19.1 Å². The van der Waals surface area contributed by atoms with E-state index < -0.39 is 0 Å². The molecular formula is C17H31N3O2. The Kier molecular flexibility index (Phi) is 5.98. The fraction of sp³-hybridized carbons (Fsp3) is 0.882. The number of ether oxygens (including phenoxy) is 1. The van der Waals surface area contributed by atoms with Crippen LogP contribution in [0.5, 0.6) is 0 Å². The van der Waals surface area contributed by atoms with E-state index in [1.807, 2.05) is 0 Å². The van der Waals surface area contributed by atoms with E-state index in [9.17, 15) is 0 Å². The fourth-order valence-corrected chi connectivity index (χ4v) is 3.06. The summed E-state index contributed by atoms with van der Waals surface area (Å²) >= 11 is 0. The molecule has 5 heteroatoms. The van der Waals surface area contributed by atoms with Crippen LogP contribution in [0, 0.1) is 5.92 Å². The molecule has 1 unspecified atom stereocenters. The molecule has 1 aliphatic heterocycles. The van der Waals surface area contributed by atoms with Crippen LogP contribution in [0.2, 0.25) is 0 Å². The summed E-state index contributed by atoms with van der Waals surface area (Å²) in [4.78, 5) is 6.98. The first-order chi connectivity index (χ1) is 10.4. The summed E-state index contributed by atoms with van der Waals surface area (Å²) in [7, 11) is 0. The average molecular weight is 309 g/mol. The Morgan fingerprint density at radius 2 is 2.14 bits per heavy atom. The van der Waals surface area contributed by atoms with Crippen molar-refractivity contribution in [2.45, 2.75) is 78.5 Å². The van der Waals surface area contributed by atoms with Crippen molar-refractivity contribution in [3.63, 3.8) is 0 Å². The van der Waals surface area contributed by atoms with Crippen molar-refractivity contribution in [2.75, 3.05) is 13.2 Å². The van der Waals surface area contributed by atoms with Crippen LogP contribution in [0.3, 0.4) is 0 Å². The molecule has 1 aliphatic rings. The molecular weight excluding hydrogens is 278 g/mol. The minimum Gasteiger partial charge on any atom is -0.375 e. The van der Waals surface area contributed by atoms with Crippen molar-refractivity contribution in [1.82, 2.24) is 15.0 Å². The number of nitrogens with zero attached hydrogens (tertiary/aromatic N) is 3. The minimum absolute atomic E-state index is 0.0341. The van der Waals surface area contributed by atoms with Gasteiger partial charge in [-0.1, -0.05) is 25.9 Å². The second-order valence-electron chi connectivity index (χ2n) is 7.35.